The Hall–Kier alpha value is -1.99. The largest absolute Gasteiger partial charge is 0.288 e. The topological polar surface area (TPSA) is 71.1 Å². The van der Waals surface area contributed by atoms with Gasteiger partial charge in [0.1, 0.15) is 5.69 Å². The Morgan fingerprint density at radius 2 is 2.05 bits per heavy atom. The van der Waals surface area contributed by atoms with Crippen LogP contribution in [-0.4, -0.2) is 16.8 Å². The van der Waals surface area contributed by atoms with Crippen LogP contribution in [0.2, 0.25) is 0 Å². The van der Waals surface area contributed by atoms with E-state index in [2.05, 4.69) is 31.8 Å². The van der Waals surface area contributed by atoms with Gasteiger partial charge in [-0.1, -0.05) is 6.07 Å². The molecule has 0 bridgehead atoms. The maximum Gasteiger partial charge on any atom is 0.288 e. The fraction of sp³-hybridized carbons (Fsp3) is 0. The molecule has 0 unspecified atom stereocenters. The minimum Gasteiger partial charge on any atom is -0.268 e. The highest BCUT2D eigenvalue weighted by Gasteiger charge is 2.06. The normalized spacial score (nSPS) is 10.4. The predicted octanol–water partition coefficient (Wildman–Crippen LogP) is 2.38. The summed E-state index contributed by atoms with van der Waals surface area (Å²) in [5.74, 6) is -0.884. The van der Waals surface area contributed by atoms with Gasteiger partial charge in [-0.3, -0.25) is 25.4 Å². The molecule has 0 radical (unpaired) electrons. The molecule has 0 aliphatic heterocycles. The van der Waals surface area contributed by atoms with Crippen LogP contribution in [0.4, 0.5) is 0 Å². The van der Waals surface area contributed by atoms with Crippen LogP contribution in [0.15, 0.2) is 46.4 Å². The average Bonchev–Trinajstić information content (AvgIpc) is 2.89. The molecule has 2 rings (SSSR count). The summed E-state index contributed by atoms with van der Waals surface area (Å²) in [5, 5.41) is 0. The zero-order chi connectivity index (χ0) is 14.4. The molecule has 2 amide bonds. The van der Waals surface area contributed by atoms with Crippen molar-refractivity contribution in [2.45, 2.75) is 0 Å². The number of nitrogens with zero attached hydrogens (tertiary/aromatic N) is 1. The van der Waals surface area contributed by atoms with Gasteiger partial charge in [-0.2, -0.15) is 0 Å². The lowest BCUT2D eigenvalue weighted by Crippen LogP contribution is -2.41. The molecular weight excluding hydrogens is 342 g/mol. The molecule has 0 atom stereocenters. The van der Waals surface area contributed by atoms with Crippen molar-refractivity contribution in [3.63, 3.8) is 0 Å². The molecule has 0 aliphatic rings. The molecule has 0 aromatic carbocycles. The first-order valence-corrected chi connectivity index (χ1v) is 7.21. The fourth-order valence-corrected chi connectivity index (χ4v) is 2.62. The molecule has 0 fully saturated rings. The van der Waals surface area contributed by atoms with Crippen LogP contribution >= 0.6 is 27.3 Å². The summed E-state index contributed by atoms with van der Waals surface area (Å²) in [7, 11) is 0. The SMILES string of the molecule is O=C(/C=C/c1ccc(Br)s1)NNC(=O)c1ccccn1. The first-order valence-electron chi connectivity index (χ1n) is 5.60. The van der Waals surface area contributed by atoms with E-state index in [1.807, 2.05) is 12.1 Å². The van der Waals surface area contributed by atoms with Gasteiger partial charge in [-0.25, -0.2) is 0 Å². The molecule has 2 aromatic heterocycles. The van der Waals surface area contributed by atoms with Crippen molar-refractivity contribution in [3.8, 4) is 0 Å². The summed E-state index contributed by atoms with van der Waals surface area (Å²) in [6.45, 7) is 0. The Morgan fingerprint density at radius 3 is 2.70 bits per heavy atom. The fourth-order valence-electron chi connectivity index (χ4n) is 1.30. The van der Waals surface area contributed by atoms with Gasteiger partial charge in [0.25, 0.3) is 11.8 Å². The lowest BCUT2D eigenvalue weighted by atomic mass is 10.3. The first kappa shape index (κ1) is 14.4. The van der Waals surface area contributed by atoms with Crippen molar-refractivity contribution >= 4 is 45.2 Å². The van der Waals surface area contributed by atoms with E-state index >= 15 is 0 Å². The highest BCUT2D eigenvalue weighted by molar-refractivity contribution is 9.11. The molecule has 7 heteroatoms. The van der Waals surface area contributed by atoms with E-state index in [1.54, 1.807) is 24.3 Å². The summed E-state index contributed by atoms with van der Waals surface area (Å²) < 4.78 is 0.987. The molecule has 5 nitrogen and oxygen atoms in total. The summed E-state index contributed by atoms with van der Waals surface area (Å²) in [6, 6.07) is 8.73. The molecular formula is C13H10BrN3O2S. The Morgan fingerprint density at radius 1 is 1.20 bits per heavy atom. The third-order valence-electron chi connectivity index (χ3n) is 2.19. The molecule has 0 saturated heterocycles. The van der Waals surface area contributed by atoms with Gasteiger partial charge >= 0.3 is 0 Å². The van der Waals surface area contributed by atoms with Gasteiger partial charge in [-0.15, -0.1) is 11.3 Å². The monoisotopic (exact) mass is 351 g/mol. The lowest BCUT2D eigenvalue weighted by Gasteiger charge is -2.03. The van der Waals surface area contributed by atoms with E-state index in [9.17, 15) is 9.59 Å². The third-order valence-corrected chi connectivity index (χ3v) is 3.78. The second kappa shape index (κ2) is 6.97. The van der Waals surface area contributed by atoms with Gasteiger partial charge in [0.15, 0.2) is 0 Å². The molecule has 0 spiro atoms. The van der Waals surface area contributed by atoms with Crippen LogP contribution in [0, 0.1) is 0 Å². The third kappa shape index (κ3) is 4.29. The smallest absolute Gasteiger partial charge is 0.268 e. The maximum atomic E-state index is 11.6. The second-order valence-corrected chi connectivity index (χ2v) is 6.13. The summed E-state index contributed by atoms with van der Waals surface area (Å²) in [4.78, 5) is 27.9. The van der Waals surface area contributed by atoms with Crippen molar-refractivity contribution in [3.05, 3.63) is 57.0 Å². The highest BCUT2D eigenvalue weighted by atomic mass is 79.9. The number of hydrogen-bond donors (Lipinski definition) is 2. The molecule has 0 saturated carbocycles. The van der Waals surface area contributed by atoms with Crippen LogP contribution in [0.5, 0.6) is 0 Å². The summed E-state index contributed by atoms with van der Waals surface area (Å²) >= 11 is 4.84. The van der Waals surface area contributed by atoms with Gasteiger partial charge in [-0.05, 0) is 46.3 Å². The number of hydrazine groups is 1. The Bertz CT molecular complexity index is 640. The van der Waals surface area contributed by atoms with E-state index in [0.29, 0.717) is 0 Å². The van der Waals surface area contributed by atoms with Gasteiger partial charge in [0.2, 0.25) is 0 Å². The Kier molecular flexibility index (Phi) is 5.03. The quantitative estimate of drug-likeness (QED) is 0.658. The van der Waals surface area contributed by atoms with Crippen molar-refractivity contribution in [1.82, 2.24) is 15.8 Å². The molecule has 2 heterocycles. The highest BCUT2D eigenvalue weighted by Crippen LogP contribution is 2.22. The number of pyridine rings is 1. The average molecular weight is 352 g/mol. The predicted molar refractivity (Wildman–Crippen MR) is 80.9 cm³/mol. The number of aromatic nitrogens is 1. The van der Waals surface area contributed by atoms with E-state index < -0.39 is 11.8 Å². The standard InChI is InChI=1S/C13H10BrN3O2S/c14-11-6-4-9(20-11)5-7-12(18)16-17-13(19)10-3-1-2-8-15-10/h1-8H,(H,16,18)(H,17,19)/b7-5+. The number of nitrogens with one attached hydrogen (secondary N) is 2. The van der Waals surface area contributed by atoms with Crippen LogP contribution in [0.3, 0.4) is 0 Å². The first-order chi connectivity index (χ1) is 9.65. The summed E-state index contributed by atoms with van der Waals surface area (Å²) in [6.07, 6.45) is 4.51. The summed E-state index contributed by atoms with van der Waals surface area (Å²) in [5.41, 5.74) is 4.80. The molecule has 20 heavy (non-hydrogen) atoms. The molecule has 2 aromatic rings. The van der Waals surface area contributed by atoms with Gasteiger partial charge < -0.3 is 0 Å². The lowest BCUT2D eigenvalue weighted by molar-refractivity contribution is -0.117. The Labute approximate surface area is 127 Å². The number of carbonyl (C=O) groups is 2. The van der Waals surface area contributed by atoms with Crippen molar-refractivity contribution in [2.75, 3.05) is 0 Å². The van der Waals surface area contributed by atoms with Gasteiger partial charge in [0.05, 0.1) is 3.79 Å². The maximum absolute atomic E-state index is 11.6. The molecule has 2 N–H and O–H groups in total. The second-order valence-electron chi connectivity index (χ2n) is 3.63. The number of thiophene rings is 1. The number of rotatable bonds is 3. The minimum absolute atomic E-state index is 0.235. The molecule has 102 valence electrons. The van der Waals surface area contributed by atoms with E-state index in [-0.39, 0.29) is 5.69 Å². The van der Waals surface area contributed by atoms with E-state index in [0.717, 1.165) is 8.66 Å². The van der Waals surface area contributed by atoms with E-state index in [4.69, 9.17) is 0 Å². The van der Waals surface area contributed by atoms with Crippen LogP contribution in [-0.2, 0) is 4.79 Å². The van der Waals surface area contributed by atoms with Crippen molar-refractivity contribution < 1.29 is 9.59 Å². The van der Waals surface area contributed by atoms with Crippen LogP contribution < -0.4 is 10.9 Å². The van der Waals surface area contributed by atoms with Crippen LogP contribution in [0.1, 0.15) is 15.4 Å². The number of carbonyl (C=O) groups excluding carboxylic acids is 2. The zero-order valence-corrected chi connectivity index (χ0v) is 12.6. The number of amides is 2. The number of hydrogen-bond acceptors (Lipinski definition) is 4. The molecule has 0 aliphatic carbocycles. The van der Waals surface area contributed by atoms with Crippen LogP contribution in [0.25, 0.3) is 6.08 Å². The van der Waals surface area contributed by atoms with Crippen molar-refractivity contribution in [1.29, 1.82) is 0 Å². The van der Waals surface area contributed by atoms with Gasteiger partial charge in [0, 0.05) is 17.2 Å². The minimum atomic E-state index is -0.466. The zero-order valence-electron chi connectivity index (χ0n) is 10.2. The Balaban J connectivity index is 1.83. The number of halogens is 1. The van der Waals surface area contributed by atoms with Crippen molar-refractivity contribution in [2.24, 2.45) is 0 Å². The van der Waals surface area contributed by atoms with E-state index in [1.165, 1.54) is 23.6 Å².